The molecule has 0 unspecified atom stereocenters. The second-order valence-electron chi connectivity index (χ2n) is 3.60. The minimum Gasteiger partial charge on any atom is -0.142 e. The van der Waals surface area contributed by atoms with Gasteiger partial charge in [0.1, 0.15) is 13.2 Å². The summed E-state index contributed by atoms with van der Waals surface area (Å²) in [5.74, 6) is 1.06. The highest BCUT2D eigenvalue weighted by atomic mass is 32.4. The lowest BCUT2D eigenvalue weighted by molar-refractivity contribution is 0.223. The Morgan fingerprint density at radius 3 is 1.58 bits per heavy atom. The molecule has 0 aromatic heterocycles. The first-order valence-corrected chi connectivity index (χ1v) is 6.44. The zero-order chi connectivity index (χ0) is 9.56. The van der Waals surface area contributed by atoms with Crippen molar-refractivity contribution in [3.63, 3.8) is 0 Å². The Labute approximate surface area is 81.2 Å². The molecule has 0 saturated heterocycles. The highest BCUT2D eigenvalue weighted by Gasteiger charge is 2.15. The highest BCUT2D eigenvalue weighted by molar-refractivity contribution is 8.00. The van der Waals surface area contributed by atoms with Crippen LogP contribution >= 0.6 is 7.15 Å². The van der Waals surface area contributed by atoms with E-state index in [0.717, 1.165) is 0 Å². The number of hydrogen-bond acceptors (Lipinski definition) is 3. The zero-order valence-electron chi connectivity index (χ0n) is 8.24. The molecule has 0 aliphatic heterocycles. The monoisotopic (exact) mass is 209 g/mol. The summed E-state index contributed by atoms with van der Waals surface area (Å²) in [5, 5.41) is 0. The zero-order valence-corrected chi connectivity index (χ0v) is 9.95. The van der Waals surface area contributed by atoms with Crippen molar-refractivity contribution in [2.24, 2.45) is 11.8 Å². The molecule has 0 aliphatic rings. The standard InChI is InChI=1S/C8H18O2PS/c1-7(2)5-9-11(12)10-6-8(3)4/h7-8H,5-6H2,1-4H3/q+1. The van der Waals surface area contributed by atoms with E-state index in [1.54, 1.807) is 0 Å². The van der Waals surface area contributed by atoms with Crippen LogP contribution in [0, 0.1) is 11.8 Å². The van der Waals surface area contributed by atoms with Gasteiger partial charge in [-0.2, -0.15) is 0 Å². The number of hydrogen-bond donors (Lipinski definition) is 0. The molecule has 0 aromatic carbocycles. The Bertz CT molecular complexity index is 123. The molecule has 0 spiro atoms. The third-order valence-corrected chi connectivity index (χ3v) is 2.38. The molecule has 0 saturated carbocycles. The van der Waals surface area contributed by atoms with Crippen molar-refractivity contribution in [1.82, 2.24) is 0 Å². The molecule has 0 atom stereocenters. The highest BCUT2D eigenvalue weighted by Crippen LogP contribution is 2.25. The Morgan fingerprint density at radius 2 is 1.33 bits per heavy atom. The van der Waals surface area contributed by atoms with E-state index in [9.17, 15) is 0 Å². The fourth-order valence-electron chi connectivity index (χ4n) is 0.457. The quantitative estimate of drug-likeness (QED) is 0.626. The van der Waals surface area contributed by atoms with Crippen molar-refractivity contribution in [3.05, 3.63) is 0 Å². The van der Waals surface area contributed by atoms with Crippen LogP contribution in [0.3, 0.4) is 0 Å². The molecule has 4 heteroatoms. The molecule has 0 radical (unpaired) electrons. The van der Waals surface area contributed by atoms with Crippen molar-refractivity contribution in [2.75, 3.05) is 13.2 Å². The van der Waals surface area contributed by atoms with Gasteiger partial charge in [-0.1, -0.05) is 27.7 Å². The second kappa shape index (κ2) is 6.90. The van der Waals surface area contributed by atoms with Gasteiger partial charge in [0.05, 0.1) is 0 Å². The van der Waals surface area contributed by atoms with Crippen LogP contribution in [0.5, 0.6) is 0 Å². The Balaban J connectivity index is 3.34. The summed E-state index contributed by atoms with van der Waals surface area (Å²) in [6.45, 7) is 9.80. The normalized spacial score (nSPS) is 11.2. The van der Waals surface area contributed by atoms with Crippen LogP contribution < -0.4 is 0 Å². The molecule has 0 N–H and O–H groups in total. The number of rotatable bonds is 6. The summed E-state index contributed by atoms with van der Waals surface area (Å²) in [7, 11) is -1.06. The van der Waals surface area contributed by atoms with Crippen molar-refractivity contribution in [3.8, 4) is 0 Å². The van der Waals surface area contributed by atoms with E-state index < -0.39 is 7.15 Å². The molecule has 0 bridgehead atoms. The first kappa shape index (κ1) is 12.4. The van der Waals surface area contributed by atoms with Gasteiger partial charge in [0.25, 0.3) is 0 Å². The summed E-state index contributed by atoms with van der Waals surface area (Å²) < 4.78 is 10.6. The lowest BCUT2D eigenvalue weighted by Crippen LogP contribution is -2.00. The van der Waals surface area contributed by atoms with Gasteiger partial charge in [-0.15, -0.1) is 9.05 Å². The minimum absolute atomic E-state index is 0.528. The maximum absolute atomic E-state index is 5.31. The van der Waals surface area contributed by atoms with Gasteiger partial charge < -0.3 is 0 Å². The SMILES string of the molecule is CC(C)CO[P+](=S)OCC(C)C. The summed E-state index contributed by atoms with van der Waals surface area (Å²) >= 11 is 4.99. The molecule has 0 aliphatic carbocycles. The van der Waals surface area contributed by atoms with E-state index in [1.165, 1.54) is 0 Å². The Hall–Kier alpha value is 0.440. The van der Waals surface area contributed by atoms with Crippen molar-refractivity contribution >= 4 is 19.0 Å². The maximum atomic E-state index is 5.31. The van der Waals surface area contributed by atoms with Gasteiger partial charge in [0.15, 0.2) is 0 Å². The minimum atomic E-state index is -1.06. The van der Waals surface area contributed by atoms with Crippen molar-refractivity contribution in [2.45, 2.75) is 27.7 Å². The van der Waals surface area contributed by atoms with E-state index in [4.69, 9.17) is 20.9 Å². The van der Waals surface area contributed by atoms with E-state index in [2.05, 4.69) is 27.7 Å². The maximum Gasteiger partial charge on any atom is 0.521 e. The summed E-state index contributed by atoms with van der Waals surface area (Å²) in [4.78, 5) is 0. The third-order valence-electron chi connectivity index (χ3n) is 1.03. The van der Waals surface area contributed by atoms with Crippen LogP contribution in [-0.4, -0.2) is 13.2 Å². The topological polar surface area (TPSA) is 18.5 Å². The van der Waals surface area contributed by atoms with Crippen LogP contribution in [0.2, 0.25) is 0 Å². The smallest absolute Gasteiger partial charge is 0.142 e. The van der Waals surface area contributed by atoms with Crippen molar-refractivity contribution < 1.29 is 9.05 Å². The lowest BCUT2D eigenvalue weighted by Gasteiger charge is -1.99. The van der Waals surface area contributed by atoms with Crippen LogP contribution in [0.15, 0.2) is 0 Å². The predicted molar refractivity (Wildman–Crippen MR) is 55.9 cm³/mol. The van der Waals surface area contributed by atoms with Gasteiger partial charge in [-0.25, -0.2) is 0 Å². The molecular formula is C8H18O2PS+. The molecule has 0 heterocycles. The van der Waals surface area contributed by atoms with E-state index in [0.29, 0.717) is 25.0 Å². The predicted octanol–water partition coefficient (Wildman–Crippen LogP) is 3.11. The lowest BCUT2D eigenvalue weighted by atomic mass is 10.2. The fourth-order valence-corrected chi connectivity index (χ4v) is 1.74. The summed E-state index contributed by atoms with van der Waals surface area (Å²) in [6.07, 6.45) is 0. The van der Waals surface area contributed by atoms with E-state index in [1.807, 2.05) is 0 Å². The van der Waals surface area contributed by atoms with Gasteiger partial charge in [0.2, 0.25) is 11.8 Å². The largest absolute Gasteiger partial charge is 0.521 e. The second-order valence-corrected chi connectivity index (χ2v) is 5.46. The van der Waals surface area contributed by atoms with Crippen LogP contribution in [0.4, 0.5) is 0 Å². The van der Waals surface area contributed by atoms with Crippen LogP contribution in [0.25, 0.3) is 0 Å². The third kappa shape index (κ3) is 8.54. The van der Waals surface area contributed by atoms with Crippen molar-refractivity contribution in [1.29, 1.82) is 0 Å². The average molecular weight is 209 g/mol. The molecule has 72 valence electrons. The van der Waals surface area contributed by atoms with Gasteiger partial charge in [-0.05, 0) is 11.8 Å². The van der Waals surface area contributed by atoms with Gasteiger partial charge in [-0.3, -0.25) is 0 Å². The molecule has 0 rings (SSSR count). The fraction of sp³-hybridized carbons (Fsp3) is 1.00. The molecule has 0 amide bonds. The van der Waals surface area contributed by atoms with Gasteiger partial charge in [0, 0.05) is 0 Å². The Kier molecular flexibility index (Phi) is 7.16. The molecule has 0 aromatic rings. The molecule has 2 nitrogen and oxygen atoms in total. The van der Waals surface area contributed by atoms with E-state index >= 15 is 0 Å². The summed E-state index contributed by atoms with van der Waals surface area (Å²) in [6, 6.07) is 0. The molecule has 0 fully saturated rings. The van der Waals surface area contributed by atoms with E-state index in [-0.39, 0.29) is 0 Å². The van der Waals surface area contributed by atoms with Gasteiger partial charge >= 0.3 is 7.15 Å². The van der Waals surface area contributed by atoms with Crippen LogP contribution in [0.1, 0.15) is 27.7 Å². The average Bonchev–Trinajstić information content (AvgIpc) is 1.96. The Morgan fingerprint density at radius 1 is 1.00 bits per heavy atom. The van der Waals surface area contributed by atoms with Crippen LogP contribution in [-0.2, 0) is 20.9 Å². The molecule has 12 heavy (non-hydrogen) atoms. The first-order valence-electron chi connectivity index (χ1n) is 4.25. The first-order chi connectivity index (χ1) is 5.52. The molecular weight excluding hydrogens is 191 g/mol. The summed E-state index contributed by atoms with van der Waals surface area (Å²) in [5.41, 5.74) is 0.